The molecule has 0 N–H and O–H groups in total. The van der Waals surface area contributed by atoms with Gasteiger partial charge in [0.1, 0.15) is 5.82 Å². The molecule has 1 heterocycles. The zero-order valence-electron chi connectivity index (χ0n) is 12.3. The summed E-state index contributed by atoms with van der Waals surface area (Å²) >= 11 is 5.80. The zero-order valence-corrected chi connectivity index (χ0v) is 13.9. The summed E-state index contributed by atoms with van der Waals surface area (Å²) in [5.74, 6) is -0.293. The first kappa shape index (κ1) is 16.2. The molecular formula is C16H16ClFN2O2S. The number of nitrogens with zero attached hydrogens (tertiary/aromatic N) is 2. The van der Waals surface area contributed by atoms with E-state index in [9.17, 15) is 12.8 Å². The highest BCUT2D eigenvalue weighted by atomic mass is 35.5. The third-order valence-corrected chi connectivity index (χ3v) is 6.03. The van der Waals surface area contributed by atoms with Gasteiger partial charge in [-0.2, -0.15) is 4.31 Å². The number of hydrogen-bond acceptors (Lipinski definition) is 3. The van der Waals surface area contributed by atoms with Crippen LogP contribution in [-0.4, -0.2) is 38.9 Å². The van der Waals surface area contributed by atoms with Crippen molar-refractivity contribution in [2.45, 2.75) is 4.90 Å². The summed E-state index contributed by atoms with van der Waals surface area (Å²) in [7, 11) is -3.52. The zero-order chi connectivity index (χ0) is 16.4. The molecule has 0 spiro atoms. The quantitative estimate of drug-likeness (QED) is 0.850. The van der Waals surface area contributed by atoms with Gasteiger partial charge in [0, 0.05) is 36.9 Å². The molecule has 0 aliphatic carbocycles. The van der Waals surface area contributed by atoms with Gasteiger partial charge in [0.05, 0.1) is 4.90 Å². The third-order valence-electron chi connectivity index (χ3n) is 3.86. The lowest BCUT2D eigenvalue weighted by atomic mass is 10.2. The molecule has 0 amide bonds. The molecule has 0 bridgehead atoms. The molecule has 1 aliphatic rings. The summed E-state index contributed by atoms with van der Waals surface area (Å²) in [6.45, 7) is 1.77. The average Bonchev–Trinajstić information content (AvgIpc) is 2.55. The van der Waals surface area contributed by atoms with Crippen LogP contribution < -0.4 is 4.90 Å². The Morgan fingerprint density at radius 1 is 0.957 bits per heavy atom. The van der Waals surface area contributed by atoms with E-state index < -0.39 is 10.0 Å². The number of sulfonamides is 1. The van der Waals surface area contributed by atoms with Gasteiger partial charge in [0.15, 0.2) is 0 Å². The van der Waals surface area contributed by atoms with Crippen molar-refractivity contribution in [3.05, 3.63) is 59.4 Å². The Balaban J connectivity index is 1.72. The second-order valence-corrected chi connectivity index (χ2v) is 7.70. The fourth-order valence-electron chi connectivity index (χ4n) is 2.62. The Bertz CT molecular complexity index is 788. The Morgan fingerprint density at radius 3 is 2.22 bits per heavy atom. The lowest BCUT2D eigenvalue weighted by Gasteiger charge is -2.35. The minimum absolute atomic E-state index is 0.237. The van der Waals surface area contributed by atoms with Crippen molar-refractivity contribution >= 4 is 27.3 Å². The molecule has 0 radical (unpaired) electrons. The second kappa shape index (κ2) is 6.47. The van der Waals surface area contributed by atoms with E-state index in [0.717, 1.165) is 5.69 Å². The first-order valence-corrected chi connectivity index (χ1v) is 9.05. The third kappa shape index (κ3) is 3.49. The largest absolute Gasteiger partial charge is 0.369 e. The maximum Gasteiger partial charge on any atom is 0.243 e. The molecular weight excluding hydrogens is 339 g/mol. The van der Waals surface area contributed by atoms with Crippen molar-refractivity contribution in [2.75, 3.05) is 31.1 Å². The molecule has 122 valence electrons. The Kier molecular flexibility index (Phi) is 4.57. The lowest BCUT2D eigenvalue weighted by molar-refractivity contribution is 0.384. The van der Waals surface area contributed by atoms with Gasteiger partial charge < -0.3 is 4.90 Å². The van der Waals surface area contributed by atoms with Crippen LogP contribution >= 0.6 is 11.6 Å². The minimum Gasteiger partial charge on any atom is -0.369 e. The Morgan fingerprint density at radius 2 is 1.61 bits per heavy atom. The van der Waals surface area contributed by atoms with Gasteiger partial charge in [0.25, 0.3) is 0 Å². The summed E-state index contributed by atoms with van der Waals surface area (Å²) < 4.78 is 39.9. The van der Waals surface area contributed by atoms with Crippen molar-refractivity contribution in [1.82, 2.24) is 4.31 Å². The van der Waals surface area contributed by atoms with E-state index in [0.29, 0.717) is 31.2 Å². The van der Waals surface area contributed by atoms with E-state index in [1.54, 1.807) is 18.2 Å². The van der Waals surface area contributed by atoms with E-state index in [1.807, 2.05) is 11.0 Å². The first-order valence-electron chi connectivity index (χ1n) is 7.23. The molecule has 1 aliphatic heterocycles. The lowest BCUT2D eigenvalue weighted by Crippen LogP contribution is -2.48. The molecule has 0 atom stereocenters. The summed E-state index contributed by atoms with van der Waals surface area (Å²) in [6, 6.07) is 12.5. The van der Waals surface area contributed by atoms with Gasteiger partial charge in [-0.3, -0.25) is 0 Å². The van der Waals surface area contributed by atoms with Crippen molar-refractivity contribution in [1.29, 1.82) is 0 Å². The van der Waals surface area contributed by atoms with Gasteiger partial charge >= 0.3 is 0 Å². The van der Waals surface area contributed by atoms with Crippen LogP contribution in [-0.2, 0) is 10.0 Å². The van der Waals surface area contributed by atoms with Crippen molar-refractivity contribution in [2.24, 2.45) is 0 Å². The summed E-state index contributed by atoms with van der Waals surface area (Å²) in [5.41, 5.74) is 0.772. The molecule has 0 unspecified atom stereocenters. The van der Waals surface area contributed by atoms with Crippen LogP contribution in [0.3, 0.4) is 0 Å². The highest BCUT2D eigenvalue weighted by molar-refractivity contribution is 7.89. The number of anilines is 1. The molecule has 2 aromatic rings. The van der Waals surface area contributed by atoms with Crippen molar-refractivity contribution < 1.29 is 12.8 Å². The van der Waals surface area contributed by atoms with Gasteiger partial charge in [-0.15, -0.1) is 0 Å². The molecule has 23 heavy (non-hydrogen) atoms. The molecule has 4 nitrogen and oxygen atoms in total. The van der Waals surface area contributed by atoms with Crippen LogP contribution in [0.2, 0.25) is 5.02 Å². The molecule has 7 heteroatoms. The van der Waals surface area contributed by atoms with Crippen LogP contribution in [0.25, 0.3) is 0 Å². The summed E-state index contributed by atoms with van der Waals surface area (Å²) in [6.07, 6.45) is 0. The molecule has 1 fully saturated rings. The minimum atomic E-state index is -3.52. The molecule has 0 saturated carbocycles. The van der Waals surface area contributed by atoms with Gasteiger partial charge in [-0.25, -0.2) is 12.8 Å². The fourth-order valence-corrected chi connectivity index (χ4v) is 4.16. The smallest absolute Gasteiger partial charge is 0.243 e. The maximum atomic E-state index is 13.3. The van der Waals surface area contributed by atoms with Crippen LogP contribution in [0.4, 0.5) is 10.1 Å². The highest BCUT2D eigenvalue weighted by Gasteiger charge is 2.28. The predicted molar refractivity (Wildman–Crippen MR) is 88.8 cm³/mol. The first-order chi connectivity index (χ1) is 11.0. The number of piperazine rings is 1. The average molecular weight is 355 g/mol. The van der Waals surface area contributed by atoms with E-state index in [-0.39, 0.29) is 10.7 Å². The standard InChI is InChI=1S/C16H16ClFN2O2S/c17-13-4-6-16(7-5-13)23(21,22)20-10-8-19(9-11-20)15-3-1-2-14(18)12-15/h1-7,12H,8-11H2. The highest BCUT2D eigenvalue weighted by Crippen LogP contribution is 2.22. The van der Waals surface area contributed by atoms with Crippen LogP contribution in [0.1, 0.15) is 0 Å². The number of rotatable bonds is 3. The second-order valence-electron chi connectivity index (χ2n) is 5.32. The molecule has 3 rings (SSSR count). The van der Waals surface area contributed by atoms with Crippen LogP contribution in [0.15, 0.2) is 53.4 Å². The van der Waals surface area contributed by atoms with Crippen LogP contribution in [0.5, 0.6) is 0 Å². The number of halogens is 2. The summed E-state index contributed by atoms with van der Waals surface area (Å²) in [5, 5.41) is 0.500. The van der Waals surface area contributed by atoms with Gasteiger partial charge in [-0.05, 0) is 42.5 Å². The number of hydrogen-bond donors (Lipinski definition) is 0. The number of benzene rings is 2. The Hall–Kier alpha value is -1.63. The van der Waals surface area contributed by atoms with E-state index in [2.05, 4.69) is 0 Å². The topological polar surface area (TPSA) is 40.6 Å². The van der Waals surface area contributed by atoms with Gasteiger partial charge in [-0.1, -0.05) is 17.7 Å². The molecule has 1 saturated heterocycles. The van der Waals surface area contributed by atoms with E-state index in [1.165, 1.54) is 28.6 Å². The van der Waals surface area contributed by atoms with E-state index >= 15 is 0 Å². The van der Waals surface area contributed by atoms with Crippen molar-refractivity contribution in [3.63, 3.8) is 0 Å². The Labute approximate surface area is 140 Å². The van der Waals surface area contributed by atoms with Crippen LogP contribution in [0, 0.1) is 5.82 Å². The van der Waals surface area contributed by atoms with Gasteiger partial charge in [0.2, 0.25) is 10.0 Å². The summed E-state index contributed by atoms with van der Waals surface area (Å²) in [4.78, 5) is 2.22. The van der Waals surface area contributed by atoms with Crippen molar-refractivity contribution in [3.8, 4) is 0 Å². The fraction of sp³-hybridized carbons (Fsp3) is 0.250. The predicted octanol–water partition coefficient (Wildman–Crippen LogP) is 2.99. The SMILES string of the molecule is O=S(=O)(c1ccc(Cl)cc1)N1CCN(c2cccc(F)c2)CC1. The van der Waals surface area contributed by atoms with E-state index in [4.69, 9.17) is 11.6 Å². The molecule has 2 aromatic carbocycles. The molecule has 0 aromatic heterocycles. The monoisotopic (exact) mass is 354 g/mol. The maximum absolute atomic E-state index is 13.3. The normalized spacial score (nSPS) is 16.5.